The van der Waals surface area contributed by atoms with Crippen LogP contribution < -0.4 is 0 Å². The SMILES string of the molecule is C/C=C(\C)C(=O)O[C@H]1/C=C(/C)[C@H](O)CC[C@@]2(C)O[C@@H]2[C@H]2OC(=O)C(CO)=C12. The second-order valence-electron chi connectivity index (χ2n) is 7.53. The maximum atomic E-state index is 12.4. The molecule has 27 heavy (non-hydrogen) atoms. The predicted octanol–water partition coefficient (Wildman–Crippen LogP) is 1.34. The van der Waals surface area contributed by atoms with E-state index < -0.39 is 48.6 Å². The first kappa shape index (κ1) is 19.8. The summed E-state index contributed by atoms with van der Waals surface area (Å²) in [6.45, 7) is 6.47. The lowest BCUT2D eigenvalue weighted by atomic mass is 9.86. The number of hydrogen-bond acceptors (Lipinski definition) is 7. The maximum Gasteiger partial charge on any atom is 0.337 e. The highest BCUT2D eigenvalue weighted by atomic mass is 16.6. The van der Waals surface area contributed by atoms with Gasteiger partial charge >= 0.3 is 11.9 Å². The monoisotopic (exact) mass is 378 g/mol. The van der Waals surface area contributed by atoms with Crippen molar-refractivity contribution in [3.63, 3.8) is 0 Å². The van der Waals surface area contributed by atoms with Crippen LogP contribution in [0.15, 0.2) is 34.4 Å². The van der Waals surface area contributed by atoms with Gasteiger partial charge in [0.15, 0.2) is 6.10 Å². The topological polar surface area (TPSA) is 106 Å². The van der Waals surface area contributed by atoms with Crippen molar-refractivity contribution in [3.05, 3.63) is 34.4 Å². The number of allylic oxidation sites excluding steroid dienone is 1. The molecule has 0 spiro atoms. The Morgan fingerprint density at radius 3 is 2.81 bits per heavy atom. The van der Waals surface area contributed by atoms with Gasteiger partial charge in [0, 0.05) is 11.1 Å². The van der Waals surface area contributed by atoms with Gasteiger partial charge in [-0.25, -0.2) is 9.59 Å². The van der Waals surface area contributed by atoms with Gasteiger partial charge < -0.3 is 24.4 Å². The highest BCUT2D eigenvalue weighted by molar-refractivity contribution is 5.94. The molecule has 0 bridgehead atoms. The largest absolute Gasteiger partial charge is 0.451 e. The standard InChI is InChI=1S/C20H26O7/c1-5-10(2)18(23)25-14-8-11(3)13(22)6-7-20(4)17(27-20)16-15(14)12(9-21)19(24)26-16/h5,8,13-14,16-17,21-22H,6-7,9H2,1-4H3/b10-5+,11-8-/t13-,14+,16+,17-,20-/m1/s1. The predicted molar refractivity (Wildman–Crippen MR) is 95.6 cm³/mol. The van der Waals surface area contributed by atoms with E-state index in [0.717, 1.165) is 0 Å². The van der Waals surface area contributed by atoms with E-state index in [-0.39, 0.29) is 5.57 Å². The summed E-state index contributed by atoms with van der Waals surface area (Å²) in [5.41, 5.74) is 0.971. The molecule has 0 amide bonds. The Kier molecular flexibility index (Phi) is 5.29. The van der Waals surface area contributed by atoms with Crippen molar-refractivity contribution in [2.75, 3.05) is 6.61 Å². The first-order chi connectivity index (χ1) is 12.7. The lowest BCUT2D eigenvalue weighted by Crippen LogP contribution is -2.33. The van der Waals surface area contributed by atoms with E-state index in [1.165, 1.54) is 0 Å². The Morgan fingerprint density at radius 2 is 2.19 bits per heavy atom. The summed E-state index contributed by atoms with van der Waals surface area (Å²) >= 11 is 0. The van der Waals surface area contributed by atoms with Crippen molar-refractivity contribution < 1.29 is 34.0 Å². The van der Waals surface area contributed by atoms with E-state index in [1.54, 1.807) is 32.9 Å². The second kappa shape index (κ2) is 7.22. The first-order valence-corrected chi connectivity index (χ1v) is 9.14. The number of epoxide rings is 1. The Hall–Kier alpha value is -1.96. The molecule has 0 saturated carbocycles. The van der Waals surface area contributed by atoms with Crippen molar-refractivity contribution in [2.24, 2.45) is 0 Å². The number of aliphatic hydroxyl groups is 2. The molecule has 5 atom stereocenters. The van der Waals surface area contributed by atoms with Gasteiger partial charge in [0.1, 0.15) is 12.2 Å². The van der Waals surface area contributed by atoms with Crippen LogP contribution in [-0.2, 0) is 23.8 Å². The molecule has 2 N–H and O–H groups in total. The molecular formula is C20H26O7. The molecule has 0 aromatic carbocycles. The van der Waals surface area contributed by atoms with Gasteiger partial charge in [0.2, 0.25) is 0 Å². The smallest absolute Gasteiger partial charge is 0.337 e. The van der Waals surface area contributed by atoms with E-state index >= 15 is 0 Å². The number of aliphatic hydroxyl groups excluding tert-OH is 2. The number of hydrogen-bond donors (Lipinski definition) is 2. The summed E-state index contributed by atoms with van der Waals surface area (Å²) in [5.74, 6) is -1.18. The summed E-state index contributed by atoms with van der Waals surface area (Å²) in [7, 11) is 0. The van der Waals surface area contributed by atoms with Crippen LogP contribution in [-0.4, -0.2) is 58.8 Å². The van der Waals surface area contributed by atoms with Crippen LogP contribution in [0.5, 0.6) is 0 Å². The van der Waals surface area contributed by atoms with Gasteiger partial charge in [-0.1, -0.05) is 6.08 Å². The first-order valence-electron chi connectivity index (χ1n) is 9.14. The fourth-order valence-electron chi connectivity index (χ4n) is 3.61. The Bertz CT molecular complexity index is 747. The molecule has 1 saturated heterocycles. The lowest BCUT2D eigenvalue weighted by molar-refractivity contribution is -0.142. The van der Waals surface area contributed by atoms with E-state index in [1.807, 2.05) is 6.92 Å². The van der Waals surface area contributed by atoms with Gasteiger partial charge in [-0.2, -0.15) is 0 Å². The average Bonchev–Trinajstić information content (AvgIpc) is 3.19. The van der Waals surface area contributed by atoms with Gasteiger partial charge in [-0.15, -0.1) is 0 Å². The molecule has 2 aliphatic heterocycles. The van der Waals surface area contributed by atoms with Gasteiger partial charge in [-0.3, -0.25) is 0 Å². The zero-order valence-electron chi connectivity index (χ0n) is 16.0. The molecule has 3 rings (SSSR count). The molecule has 148 valence electrons. The molecular weight excluding hydrogens is 352 g/mol. The zero-order chi connectivity index (χ0) is 19.9. The quantitative estimate of drug-likeness (QED) is 0.330. The third kappa shape index (κ3) is 3.59. The minimum atomic E-state index is -0.938. The van der Waals surface area contributed by atoms with Crippen molar-refractivity contribution in [1.29, 1.82) is 0 Å². The van der Waals surface area contributed by atoms with Gasteiger partial charge in [-0.05, 0) is 52.2 Å². The molecule has 7 nitrogen and oxygen atoms in total. The number of carbonyl (C=O) groups is 2. The molecule has 0 unspecified atom stereocenters. The number of rotatable bonds is 3. The Labute approximate surface area is 158 Å². The van der Waals surface area contributed by atoms with Crippen molar-refractivity contribution >= 4 is 11.9 Å². The summed E-state index contributed by atoms with van der Waals surface area (Å²) in [5, 5.41) is 20.2. The normalized spacial score (nSPS) is 38.4. The molecule has 3 aliphatic rings. The minimum Gasteiger partial charge on any atom is -0.451 e. The molecule has 1 fully saturated rings. The van der Waals surface area contributed by atoms with Crippen molar-refractivity contribution in [3.8, 4) is 0 Å². The summed E-state index contributed by atoms with van der Waals surface area (Å²) in [4.78, 5) is 24.7. The highest BCUT2D eigenvalue weighted by Crippen LogP contribution is 2.49. The van der Waals surface area contributed by atoms with Crippen LogP contribution in [0.25, 0.3) is 0 Å². The minimum absolute atomic E-state index is 0.0768. The fourth-order valence-corrected chi connectivity index (χ4v) is 3.61. The van der Waals surface area contributed by atoms with Crippen LogP contribution >= 0.6 is 0 Å². The van der Waals surface area contributed by atoms with Crippen LogP contribution in [0.1, 0.15) is 40.5 Å². The van der Waals surface area contributed by atoms with Crippen LogP contribution in [0.3, 0.4) is 0 Å². The maximum absolute atomic E-state index is 12.4. The van der Waals surface area contributed by atoms with Crippen LogP contribution in [0.2, 0.25) is 0 Å². The zero-order valence-corrected chi connectivity index (χ0v) is 16.0. The third-order valence-electron chi connectivity index (χ3n) is 5.66. The molecule has 0 aromatic heterocycles. The molecule has 7 heteroatoms. The van der Waals surface area contributed by atoms with Crippen LogP contribution in [0.4, 0.5) is 0 Å². The van der Waals surface area contributed by atoms with Crippen LogP contribution in [0, 0.1) is 0 Å². The second-order valence-corrected chi connectivity index (χ2v) is 7.53. The number of fused-ring (bicyclic) bond motifs is 3. The van der Waals surface area contributed by atoms with E-state index in [4.69, 9.17) is 14.2 Å². The fraction of sp³-hybridized carbons (Fsp3) is 0.600. The summed E-state index contributed by atoms with van der Waals surface area (Å²) < 4.78 is 16.9. The molecule has 0 radical (unpaired) electrons. The average molecular weight is 378 g/mol. The number of esters is 2. The lowest BCUT2D eigenvalue weighted by Gasteiger charge is -2.24. The summed E-state index contributed by atoms with van der Waals surface area (Å²) in [6, 6.07) is 0. The van der Waals surface area contributed by atoms with Crippen molar-refractivity contribution in [1.82, 2.24) is 0 Å². The van der Waals surface area contributed by atoms with Crippen molar-refractivity contribution in [2.45, 2.75) is 70.6 Å². The molecule has 2 heterocycles. The Balaban J connectivity index is 2.08. The van der Waals surface area contributed by atoms with E-state index in [9.17, 15) is 19.8 Å². The van der Waals surface area contributed by atoms with Gasteiger partial charge in [0.05, 0.1) is 23.9 Å². The third-order valence-corrected chi connectivity index (χ3v) is 5.66. The van der Waals surface area contributed by atoms with E-state index in [2.05, 4.69) is 0 Å². The highest BCUT2D eigenvalue weighted by Gasteiger charge is 2.61. The van der Waals surface area contributed by atoms with Gasteiger partial charge in [0.25, 0.3) is 0 Å². The molecule has 1 aliphatic carbocycles. The summed E-state index contributed by atoms with van der Waals surface area (Å²) in [6.07, 6.45) is 1.55. The number of ether oxygens (including phenoxy) is 3. The number of carbonyl (C=O) groups excluding carboxylic acids is 2. The van der Waals surface area contributed by atoms with E-state index in [0.29, 0.717) is 29.6 Å². The molecule has 0 aromatic rings. The Morgan fingerprint density at radius 1 is 1.48 bits per heavy atom.